The smallest absolute Gasteiger partial charge is 0.227 e. The number of hydrogen-bond acceptors (Lipinski definition) is 4. The van der Waals surface area contributed by atoms with Crippen molar-refractivity contribution in [2.75, 3.05) is 13.1 Å². The fraction of sp³-hybridized carbons (Fsp3) is 0.667. The average molecular weight is 665 g/mol. The quantitative estimate of drug-likeness (QED) is 0.160. The number of benzene rings is 2. The summed E-state index contributed by atoms with van der Waals surface area (Å²) < 4.78 is 0. The van der Waals surface area contributed by atoms with E-state index in [-0.39, 0.29) is 45.3 Å². The molecule has 6 heteroatoms. The highest BCUT2D eigenvalue weighted by Gasteiger charge is 2.31. The summed E-state index contributed by atoms with van der Waals surface area (Å²) in [5.41, 5.74) is 4.43. The molecule has 2 amide bonds. The minimum Gasteiger partial charge on any atom is -0.507 e. The molecule has 4 N–H and O–H groups in total. The van der Waals surface area contributed by atoms with Crippen molar-refractivity contribution in [2.45, 2.75) is 169 Å². The van der Waals surface area contributed by atoms with Crippen molar-refractivity contribution in [3.05, 3.63) is 57.6 Å². The summed E-state index contributed by atoms with van der Waals surface area (Å²) in [5, 5.41) is 28.5. The molecule has 0 aliphatic rings. The Balaban J connectivity index is 1.95. The molecule has 0 saturated carbocycles. The number of carbonyl (C=O) groups is 2. The monoisotopic (exact) mass is 665 g/mol. The fourth-order valence-corrected chi connectivity index (χ4v) is 6.42. The molecular formula is C42H68N2O4. The summed E-state index contributed by atoms with van der Waals surface area (Å²) >= 11 is 0. The summed E-state index contributed by atoms with van der Waals surface area (Å²) in [4.78, 5) is 26.7. The Morgan fingerprint density at radius 1 is 0.521 bits per heavy atom. The number of hydrogen-bond donors (Lipinski definition) is 4. The first-order chi connectivity index (χ1) is 21.9. The molecule has 2 unspecified atom stereocenters. The Kier molecular flexibility index (Phi) is 13.8. The maximum Gasteiger partial charge on any atom is 0.227 e. The molecule has 0 bridgehead atoms. The van der Waals surface area contributed by atoms with Gasteiger partial charge < -0.3 is 20.8 Å². The van der Waals surface area contributed by atoms with Gasteiger partial charge in [0.1, 0.15) is 11.5 Å². The van der Waals surface area contributed by atoms with E-state index in [1.807, 2.05) is 38.1 Å². The Morgan fingerprint density at radius 3 is 0.979 bits per heavy atom. The van der Waals surface area contributed by atoms with Gasteiger partial charge in [0.05, 0.1) is 11.8 Å². The Hall–Kier alpha value is -3.02. The van der Waals surface area contributed by atoms with Crippen molar-refractivity contribution in [2.24, 2.45) is 0 Å². The van der Waals surface area contributed by atoms with Crippen molar-refractivity contribution in [3.8, 4) is 11.5 Å². The highest BCUT2D eigenvalue weighted by atomic mass is 16.3. The largest absolute Gasteiger partial charge is 0.507 e. The molecule has 2 rings (SSSR count). The minimum absolute atomic E-state index is 0.0271. The van der Waals surface area contributed by atoms with E-state index >= 15 is 0 Å². The molecule has 2 aromatic carbocycles. The molecule has 0 aliphatic heterocycles. The van der Waals surface area contributed by atoms with Gasteiger partial charge in [-0.15, -0.1) is 0 Å². The fourth-order valence-electron chi connectivity index (χ4n) is 6.42. The van der Waals surface area contributed by atoms with Crippen molar-refractivity contribution in [1.29, 1.82) is 0 Å². The lowest BCUT2D eigenvalue weighted by Gasteiger charge is -2.29. The van der Waals surface area contributed by atoms with E-state index in [0.717, 1.165) is 59.1 Å². The van der Waals surface area contributed by atoms with Gasteiger partial charge in [0.2, 0.25) is 11.8 Å². The third-order valence-electron chi connectivity index (χ3n) is 9.45. The second-order valence-corrected chi connectivity index (χ2v) is 17.8. The first kappa shape index (κ1) is 41.2. The second kappa shape index (κ2) is 16.1. The molecule has 0 saturated heterocycles. The van der Waals surface area contributed by atoms with Crippen molar-refractivity contribution in [1.82, 2.24) is 10.6 Å². The number of amides is 2. The number of unbranched alkanes of at least 4 members (excludes halogenated alkanes) is 3. The summed E-state index contributed by atoms with van der Waals surface area (Å²) in [6, 6.07) is 8.07. The summed E-state index contributed by atoms with van der Waals surface area (Å²) in [7, 11) is 0. The number of nitrogens with one attached hydrogen (secondary N) is 2. The van der Waals surface area contributed by atoms with E-state index in [0.29, 0.717) is 37.4 Å². The maximum atomic E-state index is 13.3. The number of rotatable bonds is 13. The van der Waals surface area contributed by atoms with Gasteiger partial charge in [-0.25, -0.2) is 0 Å². The maximum absolute atomic E-state index is 13.3. The van der Waals surface area contributed by atoms with Crippen LogP contribution < -0.4 is 10.6 Å². The Morgan fingerprint density at radius 2 is 0.771 bits per heavy atom. The lowest BCUT2D eigenvalue weighted by atomic mass is 9.76. The van der Waals surface area contributed by atoms with Gasteiger partial charge in [0.25, 0.3) is 0 Å². The molecule has 6 nitrogen and oxygen atoms in total. The second-order valence-electron chi connectivity index (χ2n) is 17.8. The Labute approximate surface area is 292 Å². The molecule has 0 spiro atoms. The highest BCUT2D eigenvalue weighted by Crippen LogP contribution is 2.43. The van der Waals surface area contributed by atoms with Gasteiger partial charge in [-0.05, 0) is 80.7 Å². The van der Waals surface area contributed by atoms with Crippen LogP contribution in [0.3, 0.4) is 0 Å². The van der Waals surface area contributed by atoms with Gasteiger partial charge in [0.15, 0.2) is 0 Å². The van der Waals surface area contributed by atoms with Gasteiger partial charge in [-0.2, -0.15) is 0 Å². The first-order valence-electron chi connectivity index (χ1n) is 18.3. The van der Waals surface area contributed by atoms with E-state index in [2.05, 4.69) is 93.7 Å². The normalized spacial score (nSPS) is 14.0. The van der Waals surface area contributed by atoms with Crippen LogP contribution in [0.4, 0.5) is 0 Å². The van der Waals surface area contributed by atoms with Crippen LogP contribution in [0.15, 0.2) is 24.3 Å². The van der Waals surface area contributed by atoms with E-state index in [1.54, 1.807) is 0 Å². The van der Waals surface area contributed by atoms with E-state index in [1.165, 1.54) is 0 Å². The average Bonchev–Trinajstić information content (AvgIpc) is 2.94. The van der Waals surface area contributed by atoms with Crippen molar-refractivity contribution >= 4 is 11.8 Å². The molecule has 0 aliphatic carbocycles. The summed E-state index contributed by atoms with van der Waals surface area (Å²) in [5.74, 6) is 0.169. The molecule has 2 atom stereocenters. The summed E-state index contributed by atoms with van der Waals surface area (Å²) in [6.45, 7) is 30.4. The number of phenolic OH excluding ortho intramolecular Hbond substituents is 2. The van der Waals surface area contributed by atoms with Crippen LogP contribution in [-0.2, 0) is 31.2 Å². The minimum atomic E-state index is -0.276. The van der Waals surface area contributed by atoms with Gasteiger partial charge in [-0.3, -0.25) is 9.59 Å². The van der Waals surface area contributed by atoms with Crippen LogP contribution in [0.1, 0.15) is 181 Å². The molecule has 0 heterocycles. The predicted molar refractivity (Wildman–Crippen MR) is 202 cm³/mol. The van der Waals surface area contributed by atoms with Crippen LogP contribution in [0.2, 0.25) is 0 Å². The zero-order chi connectivity index (χ0) is 36.8. The Bertz CT molecular complexity index is 1220. The topological polar surface area (TPSA) is 98.7 Å². The van der Waals surface area contributed by atoms with E-state index in [4.69, 9.17) is 0 Å². The number of carbonyl (C=O) groups excluding carboxylic acids is 2. The third-order valence-corrected chi connectivity index (χ3v) is 9.45. The van der Waals surface area contributed by atoms with Gasteiger partial charge in [-0.1, -0.05) is 134 Å². The predicted octanol–water partition coefficient (Wildman–Crippen LogP) is 9.77. The standard InChI is InChI=1S/C42H68N2O4/c1-15-29(27-23-31(39(3,4)5)35(45)32(24-27)40(6,7)8)37(47)43-21-19-17-18-20-22-44-38(48)30(16-2)28-25-33(41(9,10)11)36(46)34(26-28)42(12,13)14/h23-26,29-30,45-46H,15-22H2,1-14H3,(H,43,47)(H,44,48). The number of aromatic hydroxyl groups is 2. The van der Waals surface area contributed by atoms with Gasteiger partial charge >= 0.3 is 0 Å². The molecule has 48 heavy (non-hydrogen) atoms. The van der Waals surface area contributed by atoms with Crippen LogP contribution >= 0.6 is 0 Å². The van der Waals surface area contributed by atoms with Crippen LogP contribution in [0.5, 0.6) is 11.5 Å². The van der Waals surface area contributed by atoms with Crippen LogP contribution in [-0.4, -0.2) is 35.1 Å². The molecule has 0 fully saturated rings. The van der Waals surface area contributed by atoms with Crippen LogP contribution in [0, 0.1) is 0 Å². The zero-order valence-corrected chi connectivity index (χ0v) is 32.8. The molecule has 0 aromatic heterocycles. The lowest BCUT2D eigenvalue weighted by Crippen LogP contribution is -2.31. The van der Waals surface area contributed by atoms with E-state index in [9.17, 15) is 19.8 Å². The molecular weight excluding hydrogens is 596 g/mol. The summed E-state index contributed by atoms with van der Waals surface area (Å²) in [6.07, 6.45) is 5.05. The van der Waals surface area contributed by atoms with E-state index < -0.39 is 0 Å². The molecule has 270 valence electrons. The molecule has 2 aromatic rings. The van der Waals surface area contributed by atoms with Crippen LogP contribution in [0.25, 0.3) is 0 Å². The zero-order valence-electron chi connectivity index (χ0n) is 32.8. The SMILES string of the molecule is CCC(C(=O)NCCCCCCNC(=O)C(CC)c1cc(C(C)(C)C)c(O)c(C(C)(C)C)c1)c1cc(C(C)(C)C)c(O)c(C(C)(C)C)c1. The third kappa shape index (κ3) is 10.7. The van der Waals surface area contributed by atoms with Crippen molar-refractivity contribution < 1.29 is 19.8 Å². The van der Waals surface area contributed by atoms with Crippen molar-refractivity contribution in [3.63, 3.8) is 0 Å². The first-order valence-corrected chi connectivity index (χ1v) is 18.3. The highest BCUT2D eigenvalue weighted by molar-refractivity contribution is 5.84. The number of phenols is 2. The van der Waals surface area contributed by atoms with Gasteiger partial charge in [0, 0.05) is 13.1 Å². The molecule has 0 radical (unpaired) electrons. The lowest BCUT2D eigenvalue weighted by molar-refractivity contribution is -0.123.